The van der Waals surface area contributed by atoms with E-state index >= 15 is 0 Å². The maximum atomic E-state index is 13.6. The smallest absolute Gasteiger partial charge is 0.290 e. The van der Waals surface area contributed by atoms with Crippen molar-refractivity contribution in [3.63, 3.8) is 0 Å². The van der Waals surface area contributed by atoms with Crippen LogP contribution in [0.1, 0.15) is 44.4 Å². The molecule has 3 nitrogen and oxygen atoms in total. The molecule has 0 spiro atoms. The zero-order valence-electron chi connectivity index (χ0n) is 17.3. The van der Waals surface area contributed by atoms with Crippen LogP contribution >= 0.6 is 0 Å². The van der Waals surface area contributed by atoms with E-state index in [-0.39, 0.29) is 11.9 Å². The second-order valence-corrected chi connectivity index (χ2v) is 7.55. The summed E-state index contributed by atoms with van der Waals surface area (Å²) in [7, 11) is 0. The molecule has 0 radical (unpaired) electrons. The largest absolute Gasteiger partial charge is 0.459 e. The molecule has 150 valence electrons. The van der Waals surface area contributed by atoms with Gasteiger partial charge in [0, 0.05) is 6.54 Å². The molecule has 0 aliphatic carbocycles. The Hall–Kier alpha value is -3.59. The lowest BCUT2D eigenvalue weighted by Crippen LogP contribution is -2.35. The highest BCUT2D eigenvalue weighted by Crippen LogP contribution is 2.32. The van der Waals surface area contributed by atoms with Gasteiger partial charge >= 0.3 is 0 Å². The minimum atomic E-state index is -0.230. The molecule has 1 aromatic heterocycles. The topological polar surface area (TPSA) is 33.5 Å². The van der Waals surface area contributed by atoms with Crippen molar-refractivity contribution in [2.24, 2.45) is 0 Å². The van der Waals surface area contributed by atoms with E-state index in [1.807, 2.05) is 41.3 Å². The third-order valence-corrected chi connectivity index (χ3v) is 5.46. The molecule has 0 aliphatic heterocycles. The number of carbonyl (C=O) groups excluding carboxylic acids is 1. The predicted molar refractivity (Wildman–Crippen MR) is 119 cm³/mol. The van der Waals surface area contributed by atoms with Gasteiger partial charge in [0.2, 0.25) is 0 Å². The Labute approximate surface area is 177 Å². The number of benzene rings is 3. The molecule has 0 unspecified atom stereocenters. The van der Waals surface area contributed by atoms with Crippen LogP contribution in [0.3, 0.4) is 0 Å². The Bertz CT molecular complexity index is 1060. The molecule has 0 aliphatic rings. The van der Waals surface area contributed by atoms with E-state index in [1.54, 1.807) is 18.4 Å². The Morgan fingerprint density at radius 2 is 1.43 bits per heavy atom. The van der Waals surface area contributed by atoms with Gasteiger partial charge in [-0.15, -0.1) is 0 Å². The molecule has 3 heteroatoms. The third-order valence-electron chi connectivity index (χ3n) is 5.46. The number of furan rings is 1. The summed E-state index contributed by atoms with van der Waals surface area (Å²) in [6.45, 7) is 4.68. The molecule has 0 fully saturated rings. The van der Waals surface area contributed by atoms with Gasteiger partial charge in [-0.2, -0.15) is 0 Å². The first-order valence-electron chi connectivity index (χ1n) is 10.1. The maximum absolute atomic E-state index is 13.6. The van der Waals surface area contributed by atoms with Crippen LogP contribution < -0.4 is 0 Å². The quantitative estimate of drug-likeness (QED) is 0.382. The molecule has 0 N–H and O–H groups in total. The predicted octanol–water partition coefficient (Wildman–Crippen LogP) is 6.33. The standard InChI is InChI=1S/C27H25NO2/c1-20-15-16-22(18-21(20)2)19-28(27(29)25-14-9-17-30-25)26(23-10-5-3-6-11-23)24-12-7-4-8-13-24/h3-18,26H,19H2,1-2H3. The number of rotatable bonds is 6. The lowest BCUT2D eigenvalue weighted by molar-refractivity contribution is 0.0658. The van der Waals surface area contributed by atoms with Gasteiger partial charge in [-0.3, -0.25) is 4.79 Å². The summed E-state index contributed by atoms with van der Waals surface area (Å²) < 4.78 is 5.49. The molecular formula is C27H25NO2. The first-order valence-corrected chi connectivity index (χ1v) is 10.1. The van der Waals surface area contributed by atoms with Crippen LogP contribution in [0, 0.1) is 13.8 Å². The Kier molecular flexibility index (Phi) is 5.80. The highest BCUT2D eigenvalue weighted by atomic mass is 16.3. The second-order valence-electron chi connectivity index (χ2n) is 7.55. The summed E-state index contributed by atoms with van der Waals surface area (Å²) in [6, 6.07) is 29.9. The van der Waals surface area contributed by atoms with Crippen molar-refractivity contribution in [3.05, 3.63) is 131 Å². The summed E-state index contributed by atoms with van der Waals surface area (Å²) in [6.07, 6.45) is 1.54. The molecule has 3 aromatic carbocycles. The number of aryl methyl sites for hydroxylation is 2. The van der Waals surface area contributed by atoms with E-state index in [2.05, 4.69) is 56.3 Å². The molecule has 0 saturated heterocycles. The van der Waals surface area contributed by atoms with Crippen molar-refractivity contribution in [2.45, 2.75) is 26.4 Å². The van der Waals surface area contributed by atoms with E-state index in [0.717, 1.165) is 16.7 Å². The van der Waals surface area contributed by atoms with Gasteiger partial charge < -0.3 is 9.32 Å². The van der Waals surface area contributed by atoms with Crippen molar-refractivity contribution in [1.29, 1.82) is 0 Å². The van der Waals surface area contributed by atoms with Crippen LogP contribution in [0.2, 0.25) is 0 Å². The number of amides is 1. The average molecular weight is 396 g/mol. The second kappa shape index (κ2) is 8.83. The molecular weight excluding hydrogens is 370 g/mol. The zero-order chi connectivity index (χ0) is 20.9. The van der Waals surface area contributed by atoms with Crippen molar-refractivity contribution in [3.8, 4) is 0 Å². The molecule has 0 atom stereocenters. The molecule has 0 bridgehead atoms. The van der Waals surface area contributed by atoms with Crippen LogP contribution in [-0.2, 0) is 6.54 Å². The Morgan fingerprint density at radius 1 is 0.800 bits per heavy atom. The van der Waals surface area contributed by atoms with Crippen LogP contribution in [-0.4, -0.2) is 10.8 Å². The van der Waals surface area contributed by atoms with E-state index in [0.29, 0.717) is 12.3 Å². The number of carbonyl (C=O) groups is 1. The molecule has 4 aromatic rings. The summed E-state index contributed by atoms with van der Waals surface area (Å²) in [5.74, 6) is 0.214. The maximum Gasteiger partial charge on any atom is 0.290 e. The number of hydrogen-bond donors (Lipinski definition) is 0. The highest BCUT2D eigenvalue weighted by Gasteiger charge is 2.29. The van der Waals surface area contributed by atoms with Gasteiger partial charge in [0.25, 0.3) is 5.91 Å². The first-order chi connectivity index (χ1) is 14.6. The normalized spacial score (nSPS) is 10.9. The third kappa shape index (κ3) is 4.20. The van der Waals surface area contributed by atoms with Crippen molar-refractivity contribution >= 4 is 5.91 Å². The van der Waals surface area contributed by atoms with Gasteiger partial charge in [0.05, 0.1) is 12.3 Å². The van der Waals surface area contributed by atoms with Crippen molar-refractivity contribution in [1.82, 2.24) is 4.90 Å². The summed E-state index contributed by atoms with van der Waals surface area (Å²) in [5, 5.41) is 0. The van der Waals surface area contributed by atoms with E-state index in [9.17, 15) is 4.79 Å². The summed E-state index contributed by atoms with van der Waals surface area (Å²) in [5.41, 5.74) is 5.67. The molecule has 30 heavy (non-hydrogen) atoms. The fourth-order valence-corrected chi connectivity index (χ4v) is 3.74. The SMILES string of the molecule is Cc1ccc(CN(C(=O)c2ccco2)C(c2ccccc2)c2ccccc2)cc1C. The van der Waals surface area contributed by atoms with Crippen LogP contribution in [0.5, 0.6) is 0 Å². The fraction of sp³-hybridized carbons (Fsp3) is 0.148. The Balaban J connectivity index is 1.82. The van der Waals surface area contributed by atoms with Crippen molar-refractivity contribution in [2.75, 3.05) is 0 Å². The minimum Gasteiger partial charge on any atom is -0.459 e. The van der Waals surface area contributed by atoms with E-state index in [4.69, 9.17) is 4.42 Å². The average Bonchev–Trinajstić information content (AvgIpc) is 3.32. The molecule has 0 saturated carbocycles. The van der Waals surface area contributed by atoms with Gasteiger partial charge in [-0.25, -0.2) is 0 Å². The molecule has 1 heterocycles. The monoisotopic (exact) mass is 395 g/mol. The Morgan fingerprint density at radius 3 is 1.97 bits per heavy atom. The van der Waals surface area contributed by atoms with E-state index in [1.165, 1.54) is 11.1 Å². The lowest BCUT2D eigenvalue weighted by Gasteiger charge is -2.32. The van der Waals surface area contributed by atoms with E-state index < -0.39 is 0 Å². The minimum absolute atomic E-state index is 0.129. The molecule has 4 rings (SSSR count). The van der Waals surface area contributed by atoms with Gasteiger partial charge in [-0.05, 0) is 53.8 Å². The van der Waals surface area contributed by atoms with Crippen LogP contribution in [0.15, 0.2) is 102 Å². The van der Waals surface area contributed by atoms with Gasteiger partial charge in [0.15, 0.2) is 5.76 Å². The lowest BCUT2D eigenvalue weighted by atomic mass is 9.95. The van der Waals surface area contributed by atoms with Gasteiger partial charge in [-0.1, -0.05) is 78.9 Å². The summed E-state index contributed by atoms with van der Waals surface area (Å²) in [4.78, 5) is 15.5. The molecule has 1 amide bonds. The number of nitrogens with zero attached hydrogens (tertiary/aromatic N) is 1. The number of hydrogen-bond acceptors (Lipinski definition) is 2. The van der Waals surface area contributed by atoms with Gasteiger partial charge in [0.1, 0.15) is 0 Å². The fourth-order valence-electron chi connectivity index (χ4n) is 3.74. The zero-order valence-corrected chi connectivity index (χ0v) is 17.3. The van der Waals surface area contributed by atoms with Crippen LogP contribution in [0.4, 0.5) is 0 Å². The summed E-state index contributed by atoms with van der Waals surface area (Å²) >= 11 is 0. The van der Waals surface area contributed by atoms with Crippen LogP contribution in [0.25, 0.3) is 0 Å². The van der Waals surface area contributed by atoms with Crippen molar-refractivity contribution < 1.29 is 9.21 Å². The first kappa shape index (κ1) is 19.7. The highest BCUT2D eigenvalue weighted by molar-refractivity contribution is 5.92.